The molecule has 1 aromatic heterocycles. The van der Waals surface area contributed by atoms with Gasteiger partial charge in [0.2, 0.25) is 0 Å². The van der Waals surface area contributed by atoms with Crippen LogP contribution in [0.15, 0.2) is 30.3 Å². The lowest BCUT2D eigenvalue weighted by Crippen LogP contribution is -2.13. The lowest BCUT2D eigenvalue weighted by atomic mass is 10.2. The van der Waals surface area contributed by atoms with E-state index in [0.29, 0.717) is 27.1 Å². The van der Waals surface area contributed by atoms with Crippen molar-refractivity contribution in [2.24, 2.45) is 0 Å². The summed E-state index contributed by atoms with van der Waals surface area (Å²) in [5.41, 5.74) is 1.78. The summed E-state index contributed by atoms with van der Waals surface area (Å²) in [6, 6.07) is 8.29. The topological polar surface area (TPSA) is 54.0 Å². The third-order valence-corrected chi connectivity index (χ3v) is 3.20. The lowest BCUT2D eigenvalue weighted by Gasteiger charge is -2.09. The van der Waals surface area contributed by atoms with Crippen LogP contribution < -0.4 is 10.6 Å². The molecule has 0 aliphatic heterocycles. The number of hydrogen-bond acceptors (Lipinski definition) is 3. The minimum absolute atomic E-state index is 0.253. The van der Waals surface area contributed by atoms with Crippen LogP contribution in [-0.4, -0.2) is 17.9 Å². The van der Waals surface area contributed by atoms with Crippen molar-refractivity contribution in [1.82, 2.24) is 4.98 Å². The summed E-state index contributed by atoms with van der Waals surface area (Å²) in [6.45, 7) is 1.83. The van der Waals surface area contributed by atoms with Crippen LogP contribution in [0.5, 0.6) is 0 Å². The Labute approximate surface area is 127 Å². The highest BCUT2D eigenvalue weighted by molar-refractivity contribution is 6.36. The normalized spacial score (nSPS) is 10.2. The largest absolute Gasteiger partial charge is 0.373 e. The van der Waals surface area contributed by atoms with Gasteiger partial charge >= 0.3 is 0 Å². The van der Waals surface area contributed by atoms with Crippen LogP contribution in [0.4, 0.5) is 11.5 Å². The molecule has 1 heterocycles. The van der Waals surface area contributed by atoms with Gasteiger partial charge in [-0.2, -0.15) is 0 Å². The Morgan fingerprint density at radius 3 is 2.60 bits per heavy atom. The Balaban J connectivity index is 2.26. The number of carbonyl (C=O) groups excluding carboxylic acids is 1. The fourth-order valence-corrected chi connectivity index (χ4v) is 2.17. The Kier molecular flexibility index (Phi) is 4.47. The zero-order valence-electron chi connectivity index (χ0n) is 11.0. The average molecular weight is 310 g/mol. The van der Waals surface area contributed by atoms with Gasteiger partial charge in [-0.1, -0.05) is 23.2 Å². The number of nitrogens with one attached hydrogen (secondary N) is 2. The number of carbonyl (C=O) groups is 1. The molecule has 0 aliphatic rings. The zero-order valence-corrected chi connectivity index (χ0v) is 12.5. The van der Waals surface area contributed by atoms with Gasteiger partial charge in [-0.05, 0) is 37.3 Å². The molecule has 0 atom stereocenters. The monoisotopic (exact) mass is 309 g/mol. The SMILES string of the molecule is CNc1cc(C(=O)Nc2ccc(Cl)cc2Cl)cc(C)n1. The summed E-state index contributed by atoms with van der Waals surface area (Å²) in [6.07, 6.45) is 0. The zero-order chi connectivity index (χ0) is 14.7. The molecule has 6 heteroatoms. The van der Waals surface area contributed by atoms with Crippen molar-refractivity contribution in [2.75, 3.05) is 17.7 Å². The van der Waals surface area contributed by atoms with E-state index in [1.807, 2.05) is 6.92 Å². The molecule has 2 rings (SSSR count). The van der Waals surface area contributed by atoms with E-state index in [-0.39, 0.29) is 5.91 Å². The highest BCUT2D eigenvalue weighted by Gasteiger charge is 2.10. The van der Waals surface area contributed by atoms with Gasteiger partial charge in [0, 0.05) is 23.3 Å². The fourth-order valence-electron chi connectivity index (χ4n) is 1.71. The van der Waals surface area contributed by atoms with Crippen molar-refractivity contribution in [3.63, 3.8) is 0 Å². The number of benzene rings is 1. The molecule has 0 unspecified atom stereocenters. The molecule has 1 aromatic carbocycles. The van der Waals surface area contributed by atoms with E-state index in [0.717, 1.165) is 5.69 Å². The summed E-state index contributed by atoms with van der Waals surface area (Å²) in [5.74, 6) is 0.383. The number of anilines is 2. The van der Waals surface area contributed by atoms with Crippen LogP contribution in [-0.2, 0) is 0 Å². The Morgan fingerprint density at radius 1 is 1.20 bits per heavy atom. The smallest absolute Gasteiger partial charge is 0.255 e. The highest BCUT2D eigenvalue weighted by atomic mass is 35.5. The Bertz CT molecular complexity index is 659. The summed E-state index contributed by atoms with van der Waals surface area (Å²) in [7, 11) is 1.75. The number of halogens is 2. The fraction of sp³-hybridized carbons (Fsp3) is 0.143. The van der Waals surface area contributed by atoms with Crippen molar-refractivity contribution in [3.05, 3.63) is 51.6 Å². The van der Waals surface area contributed by atoms with Crippen LogP contribution in [0.25, 0.3) is 0 Å². The number of pyridine rings is 1. The van der Waals surface area contributed by atoms with E-state index < -0.39 is 0 Å². The molecule has 0 spiro atoms. The van der Waals surface area contributed by atoms with Gasteiger partial charge in [0.25, 0.3) is 5.91 Å². The quantitative estimate of drug-likeness (QED) is 0.901. The van der Waals surface area contributed by atoms with Gasteiger partial charge in [-0.25, -0.2) is 4.98 Å². The number of aryl methyl sites for hydroxylation is 1. The molecule has 20 heavy (non-hydrogen) atoms. The molecule has 4 nitrogen and oxygen atoms in total. The molecular weight excluding hydrogens is 297 g/mol. The first kappa shape index (κ1) is 14.6. The lowest BCUT2D eigenvalue weighted by molar-refractivity contribution is 0.102. The van der Waals surface area contributed by atoms with Gasteiger partial charge in [0.05, 0.1) is 10.7 Å². The first-order valence-electron chi connectivity index (χ1n) is 5.92. The second-order valence-corrected chi connectivity index (χ2v) is 5.05. The predicted molar refractivity (Wildman–Crippen MR) is 82.9 cm³/mol. The number of rotatable bonds is 3. The van der Waals surface area contributed by atoms with E-state index in [9.17, 15) is 4.79 Å². The number of nitrogens with zero attached hydrogens (tertiary/aromatic N) is 1. The average Bonchev–Trinajstić information content (AvgIpc) is 2.41. The van der Waals surface area contributed by atoms with E-state index in [2.05, 4.69) is 15.6 Å². The van der Waals surface area contributed by atoms with Crippen LogP contribution in [0, 0.1) is 6.92 Å². The van der Waals surface area contributed by atoms with Gasteiger partial charge < -0.3 is 10.6 Å². The van der Waals surface area contributed by atoms with Crippen molar-refractivity contribution >= 4 is 40.6 Å². The van der Waals surface area contributed by atoms with Gasteiger partial charge in [0.1, 0.15) is 5.82 Å². The van der Waals surface area contributed by atoms with E-state index in [4.69, 9.17) is 23.2 Å². The Hall–Kier alpha value is -1.78. The predicted octanol–water partition coefficient (Wildman–Crippen LogP) is 3.99. The molecule has 2 N–H and O–H groups in total. The molecule has 0 saturated heterocycles. The molecular formula is C14H13Cl2N3O. The second kappa shape index (κ2) is 6.11. The summed E-state index contributed by atoms with van der Waals surface area (Å²) >= 11 is 11.8. The van der Waals surface area contributed by atoms with Crippen molar-refractivity contribution in [1.29, 1.82) is 0 Å². The molecule has 0 saturated carbocycles. The second-order valence-electron chi connectivity index (χ2n) is 4.21. The van der Waals surface area contributed by atoms with Crippen molar-refractivity contribution in [2.45, 2.75) is 6.92 Å². The van der Waals surface area contributed by atoms with Crippen molar-refractivity contribution < 1.29 is 4.79 Å². The maximum absolute atomic E-state index is 12.2. The van der Waals surface area contributed by atoms with Gasteiger partial charge in [-0.3, -0.25) is 4.79 Å². The van der Waals surface area contributed by atoms with E-state index >= 15 is 0 Å². The number of amides is 1. The molecule has 104 valence electrons. The maximum atomic E-state index is 12.2. The minimum atomic E-state index is -0.253. The molecule has 0 radical (unpaired) electrons. The number of hydrogen-bond donors (Lipinski definition) is 2. The first-order valence-corrected chi connectivity index (χ1v) is 6.68. The summed E-state index contributed by atoms with van der Waals surface area (Å²) in [5, 5.41) is 6.57. The third-order valence-electron chi connectivity index (χ3n) is 2.65. The molecule has 0 fully saturated rings. The Morgan fingerprint density at radius 2 is 1.95 bits per heavy atom. The highest BCUT2D eigenvalue weighted by Crippen LogP contribution is 2.26. The van der Waals surface area contributed by atoms with Crippen molar-refractivity contribution in [3.8, 4) is 0 Å². The van der Waals surface area contributed by atoms with Crippen LogP contribution in [0.3, 0.4) is 0 Å². The minimum Gasteiger partial charge on any atom is -0.373 e. The molecule has 0 bridgehead atoms. The summed E-state index contributed by atoms with van der Waals surface area (Å²) in [4.78, 5) is 16.4. The first-order chi connectivity index (χ1) is 9.49. The summed E-state index contributed by atoms with van der Waals surface area (Å²) < 4.78 is 0. The maximum Gasteiger partial charge on any atom is 0.255 e. The van der Waals surface area contributed by atoms with Gasteiger partial charge in [0.15, 0.2) is 0 Å². The molecule has 0 aliphatic carbocycles. The molecule has 2 aromatic rings. The van der Waals surface area contributed by atoms with Crippen LogP contribution in [0.2, 0.25) is 10.0 Å². The van der Waals surface area contributed by atoms with Crippen LogP contribution in [0.1, 0.15) is 16.1 Å². The van der Waals surface area contributed by atoms with E-state index in [1.165, 1.54) is 0 Å². The molecule has 1 amide bonds. The van der Waals surface area contributed by atoms with Gasteiger partial charge in [-0.15, -0.1) is 0 Å². The van der Waals surface area contributed by atoms with E-state index in [1.54, 1.807) is 37.4 Å². The standard InChI is InChI=1S/C14H13Cl2N3O/c1-8-5-9(6-13(17-2)18-8)14(20)19-12-4-3-10(15)7-11(12)16/h3-7H,1-2H3,(H,17,18)(H,19,20). The number of aromatic nitrogens is 1. The van der Waals surface area contributed by atoms with Crippen LogP contribution >= 0.6 is 23.2 Å². The third kappa shape index (κ3) is 3.40.